The van der Waals surface area contributed by atoms with E-state index in [1.165, 1.54) is 6.92 Å². The molecule has 26 heavy (non-hydrogen) atoms. The highest BCUT2D eigenvalue weighted by molar-refractivity contribution is 7.78. The van der Waals surface area contributed by atoms with Gasteiger partial charge in [-0.3, -0.25) is 19.2 Å². The Bertz CT molecular complexity index is 616. The normalized spacial score (nSPS) is 27.5. The quantitative estimate of drug-likeness (QED) is 0.268. The van der Waals surface area contributed by atoms with Gasteiger partial charge in [-0.1, -0.05) is 0 Å². The van der Waals surface area contributed by atoms with E-state index in [1.54, 1.807) is 0 Å². The fourth-order valence-corrected chi connectivity index (χ4v) is 2.47. The maximum atomic E-state index is 11.5. The minimum atomic E-state index is -1.32. The van der Waals surface area contributed by atoms with Gasteiger partial charge in [-0.2, -0.15) is 0 Å². The number of hydrogen-bond acceptors (Lipinski definition) is 11. The van der Waals surface area contributed by atoms with E-state index in [1.807, 2.05) is 0 Å². The number of ether oxygens (including phenoxy) is 5. The van der Waals surface area contributed by atoms with Crippen LogP contribution in [0.1, 0.15) is 27.7 Å². The molecule has 0 bridgehead atoms. The van der Waals surface area contributed by atoms with Gasteiger partial charge in [0.1, 0.15) is 12.7 Å². The van der Waals surface area contributed by atoms with Gasteiger partial charge in [0.05, 0.1) is 5.16 Å². The van der Waals surface area contributed by atoms with E-state index in [0.29, 0.717) is 0 Å². The highest BCUT2D eigenvalue weighted by atomic mass is 32.1. The first-order valence-corrected chi connectivity index (χ1v) is 7.94. The van der Waals surface area contributed by atoms with Crippen LogP contribution in [0.3, 0.4) is 0 Å². The van der Waals surface area contributed by atoms with Gasteiger partial charge in [0.15, 0.2) is 18.2 Å². The number of isothiocyanates is 1. The molecule has 1 fully saturated rings. The molecule has 1 rings (SSSR count). The molecule has 0 spiro atoms. The Hall–Kier alpha value is -2.36. The van der Waals surface area contributed by atoms with Crippen LogP contribution in [0.5, 0.6) is 0 Å². The predicted molar refractivity (Wildman–Crippen MR) is 87.0 cm³/mol. The zero-order valence-corrected chi connectivity index (χ0v) is 15.4. The summed E-state index contributed by atoms with van der Waals surface area (Å²) >= 11 is 4.58. The van der Waals surface area contributed by atoms with E-state index < -0.39 is 54.5 Å². The van der Waals surface area contributed by atoms with Crippen LogP contribution in [0.25, 0.3) is 0 Å². The van der Waals surface area contributed by atoms with Crippen molar-refractivity contribution in [2.75, 3.05) is 6.61 Å². The zero-order valence-electron chi connectivity index (χ0n) is 14.6. The first kappa shape index (κ1) is 21.7. The Labute approximate surface area is 154 Å². The molecule has 11 heteroatoms. The van der Waals surface area contributed by atoms with Gasteiger partial charge < -0.3 is 23.7 Å². The summed E-state index contributed by atoms with van der Waals surface area (Å²) in [7, 11) is 0. The number of nitrogens with zero attached hydrogens (tertiary/aromatic N) is 1. The van der Waals surface area contributed by atoms with Crippen LogP contribution in [0.15, 0.2) is 4.99 Å². The van der Waals surface area contributed by atoms with Crippen molar-refractivity contribution in [1.82, 2.24) is 0 Å². The van der Waals surface area contributed by atoms with Crippen LogP contribution in [-0.4, -0.2) is 66.3 Å². The summed E-state index contributed by atoms with van der Waals surface area (Å²) in [4.78, 5) is 49.3. The van der Waals surface area contributed by atoms with E-state index in [2.05, 4.69) is 22.4 Å². The molecule has 1 heterocycles. The van der Waals surface area contributed by atoms with Crippen molar-refractivity contribution in [3.63, 3.8) is 0 Å². The van der Waals surface area contributed by atoms with Gasteiger partial charge >= 0.3 is 23.9 Å². The van der Waals surface area contributed by atoms with E-state index in [0.717, 1.165) is 20.8 Å². The number of esters is 4. The molecule has 0 aromatic rings. The van der Waals surface area contributed by atoms with Crippen LogP contribution in [0.4, 0.5) is 0 Å². The van der Waals surface area contributed by atoms with Crippen LogP contribution in [0, 0.1) is 0 Å². The number of carbonyl (C=O) groups is 4. The van der Waals surface area contributed by atoms with Gasteiger partial charge in [0.25, 0.3) is 0 Å². The number of carbonyl (C=O) groups excluding carboxylic acids is 4. The number of hydrogen-bond donors (Lipinski definition) is 0. The molecule has 0 aromatic carbocycles. The molecule has 0 saturated carbocycles. The molecule has 1 aliphatic heterocycles. The molecule has 0 unspecified atom stereocenters. The van der Waals surface area contributed by atoms with Crippen molar-refractivity contribution in [1.29, 1.82) is 0 Å². The Morgan fingerprint density at radius 2 is 1.46 bits per heavy atom. The maximum absolute atomic E-state index is 11.5. The van der Waals surface area contributed by atoms with E-state index in [4.69, 9.17) is 23.7 Å². The number of thiocarbonyl (C=S) groups is 1. The second-order valence-corrected chi connectivity index (χ2v) is 5.50. The third kappa shape index (κ3) is 6.51. The maximum Gasteiger partial charge on any atom is 0.305 e. The standard InChI is InChI=1S/C15H19NO9S/c1-7(17)21-5-11-13(22-8(2)18)14(23-9(3)19)12(16-6-26)15(25-11)24-10(4)20/h11-15H,5H2,1-4H3/t11-,12-,13-,14-,15+/m1/s1. The molecule has 1 saturated heterocycles. The third-order valence-corrected chi connectivity index (χ3v) is 3.26. The summed E-state index contributed by atoms with van der Waals surface area (Å²) in [6.45, 7) is 4.26. The van der Waals surface area contributed by atoms with Crippen LogP contribution in [0.2, 0.25) is 0 Å². The molecule has 0 aliphatic carbocycles. The summed E-state index contributed by atoms with van der Waals surface area (Å²) < 4.78 is 25.9. The molecular weight excluding hydrogens is 370 g/mol. The lowest BCUT2D eigenvalue weighted by atomic mass is 9.96. The summed E-state index contributed by atoms with van der Waals surface area (Å²) in [5, 5.41) is 2.10. The van der Waals surface area contributed by atoms with E-state index >= 15 is 0 Å². The lowest BCUT2D eigenvalue weighted by molar-refractivity contribution is -0.266. The highest BCUT2D eigenvalue weighted by Crippen LogP contribution is 2.29. The predicted octanol–water partition coefficient (Wildman–Crippen LogP) is 0.172. The Balaban J connectivity index is 3.28. The average molecular weight is 389 g/mol. The van der Waals surface area contributed by atoms with Crippen molar-refractivity contribution in [2.24, 2.45) is 4.99 Å². The van der Waals surface area contributed by atoms with Crippen LogP contribution < -0.4 is 0 Å². The molecule has 10 nitrogen and oxygen atoms in total. The minimum Gasteiger partial charge on any atom is -0.463 e. The van der Waals surface area contributed by atoms with Crippen molar-refractivity contribution in [2.45, 2.75) is 58.3 Å². The van der Waals surface area contributed by atoms with Crippen molar-refractivity contribution in [3.8, 4) is 0 Å². The lowest BCUT2D eigenvalue weighted by Gasteiger charge is -2.42. The largest absolute Gasteiger partial charge is 0.463 e. The van der Waals surface area contributed by atoms with Crippen LogP contribution in [-0.2, 0) is 42.9 Å². The molecule has 1 aliphatic rings. The molecule has 5 atom stereocenters. The first-order chi connectivity index (χ1) is 12.1. The van der Waals surface area contributed by atoms with Crippen molar-refractivity contribution < 1.29 is 42.9 Å². The van der Waals surface area contributed by atoms with Gasteiger partial charge in [-0.15, -0.1) is 0 Å². The summed E-state index contributed by atoms with van der Waals surface area (Å²) in [6, 6.07) is -1.13. The average Bonchev–Trinajstić information content (AvgIpc) is 2.49. The monoisotopic (exact) mass is 389 g/mol. The Morgan fingerprint density at radius 3 is 1.92 bits per heavy atom. The second kappa shape index (κ2) is 9.95. The van der Waals surface area contributed by atoms with Gasteiger partial charge in [0.2, 0.25) is 6.29 Å². The lowest BCUT2D eigenvalue weighted by Crippen LogP contribution is -2.61. The van der Waals surface area contributed by atoms with Gasteiger partial charge in [-0.25, -0.2) is 4.99 Å². The van der Waals surface area contributed by atoms with Crippen LogP contribution >= 0.6 is 12.2 Å². The fraction of sp³-hybridized carbons (Fsp3) is 0.667. The second-order valence-electron chi connectivity index (χ2n) is 5.31. The smallest absolute Gasteiger partial charge is 0.305 e. The summed E-state index contributed by atoms with van der Waals surface area (Å²) in [6.07, 6.45) is -4.78. The van der Waals surface area contributed by atoms with E-state index in [-0.39, 0.29) is 6.61 Å². The zero-order chi connectivity index (χ0) is 19.9. The molecular formula is C15H19NO9S. The number of aliphatic imine (C=N–C) groups is 1. The fourth-order valence-electron chi connectivity index (χ4n) is 2.34. The van der Waals surface area contributed by atoms with Crippen molar-refractivity contribution >= 4 is 41.3 Å². The van der Waals surface area contributed by atoms with Gasteiger partial charge in [0, 0.05) is 27.7 Å². The molecule has 0 N–H and O–H groups in total. The SMILES string of the molecule is CC(=O)OC[C@H]1O[C@H](OC(C)=O)[C@H](N=C=S)[C@@H](OC(C)=O)[C@@H]1OC(C)=O. The Kier molecular flexibility index (Phi) is 8.30. The summed E-state index contributed by atoms with van der Waals surface area (Å²) in [5.41, 5.74) is 0. The highest BCUT2D eigenvalue weighted by Gasteiger charge is 2.51. The summed E-state index contributed by atoms with van der Waals surface area (Å²) in [5.74, 6) is -2.70. The first-order valence-electron chi connectivity index (χ1n) is 7.53. The van der Waals surface area contributed by atoms with Gasteiger partial charge in [-0.05, 0) is 12.2 Å². The molecule has 0 radical (unpaired) electrons. The molecule has 0 amide bonds. The topological polar surface area (TPSA) is 127 Å². The number of rotatable bonds is 6. The minimum absolute atomic E-state index is 0.336. The molecule has 0 aromatic heterocycles. The third-order valence-electron chi connectivity index (χ3n) is 3.15. The Morgan fingerprint density at radius 1 is 0.923 bits per heavy atom. The molecule has 144 valence electrons. The van der Waals surface area contributed by atoms with E-state index in [9.17, 15) is 19.2 Å². The van der Waals surface area contributed by atoms with Crippen molar-refractivity contribution in [3.05, 3.63) is 0 Å².